The molecule has 2 fully saturated rings. The number of likely N-dealkylation sites (N-methyl/N-ethyl adjacent to an activating group) is 1. The summed E-state index contributed by atoms with van der Waals surface area (Å²) in [5.41, 5.74) is 5.61. The van der Waals surface area contributed by atoms with Gasteiger partial charge in [-0.15, -0.1) is 0 Å². The van der Waals surface area contributed by atoms with Crippen LogP contribution in [0.15, 0.2) is 0 Å². The SMILES string of the molecule is CCOC(=O)C(N)(CN1CCC(N(C)C)C1)C1CC1. The van der Waals surface area contributed by atoms with Crippen molar-refractivity contribution in [2.24, 2.45) is 11.7 Å². The molecule has 1 saturated heterocycles. The first-order valence-electron chi connectivity index (χ1n) is 7.32. The molecule has 0 radical (unpaired) electrons. The van der Waals surface area contributed by atoms with E-state index in [2.05, 4.69) is 23.9 Å². The maximum atomic E-state index is 12.2. The fourth-order valence-electron chi connectivity index (χ4n) is 2.97. The van der Waals surface area contributed by atoms with E-state index in [4.69, 9.17) is 10.5 Å². The van der Waals surface area contributed by atoms with Gasteiger partial charge in [-0.1, -0.05) is 0 Å². The lowest BCUT2D eigenvalue weighted by Crippen LogP contribution is -2.58. The Morgan fingerprint density at radius 2 is 2.11 bits per heavy atom. The van der Waals surface area contributed by atoms with E-state index < -0.39 is 5.54 Å². The lowest BCUT2D eigenvalue weighted by molar-refractivity contribution is -0.151. The van der Waals surface area contributed by atoms with Gasteiger partial charge >= 0.3 is 5.97 Å². The molecule has 0 aromatic heterocycles. The van der Waals surface area contributed by atoms with Crippen molar-refractivity contribution in [2.75, 3.05) is 40.3 Å². The van der Waals surface area contributed by atoms with Crippen LogP contribution in [0.1, 0.15) is 26.2 Å². The minimum Gasteiger partial charge on any atom is -0.465 e. The van der Waals surface area contributed by atoms with Crippen molar-refractivity contribution in [2.45, 2.75) is 37.8 Å². The average molecular weight is 269 g/mol. The van der Waals surface area contributed by atoms with E-state index in [1.165, 1.54) is 0 Å². The van der Waals surface area contributed by atoms with E-state index in [0.717, 1.165) is 32.4 Å². The molecule has 2 aliphatic rings. The average Bonchev–Trinajstić information content (AvgIpc) is 3.11. The van der Waals surface area contributed by atoms with Crippen molar-refractivity contribution >= 4 is 5.97 Å². The van der Waals surface area contributed by atoms with Crippen LogP contribution in [0.5, 0.6) is 0 Å². The summed E-state index contributed by atoms with van der Waals surface area (Å²) in [6.45, 7) is 4.90. The number of likely N-dealkylation sites (tertiary alicyclic amines) is 1. The normalized spacial score (nSPS) is 27.5. The quantitative estimate of drug-likeness (QED) is 0.703. The largest absolute Gasteiger partial charge is 0.465 e. The summed E-state index contributed by atoms with van der Waals surface area (Å²) in [6.07, 6.45) is 3.26. The monoisotopic (exact) mass is 269 g/mol. The highest BCUT2D eigenvalue weighted by atomic mass is 16.5. The van der Waals surface area contributed by atoms with Crippen LogP contribution in [0.2, 0.25) is 0 Å². The van der Waals surface area contributed by atoms with Crippen LogP contribution >= 0.6 is 0 Å². The Balaban J connectivity index is 1.96. The minimum atomic E-state index is -0.794. The highest BCUT2D eigenvalue weighted by molar-refractivity contribution is 5.82. The van der Waals surface area contributed by atoms with E-state index in [9.17, 15) is 4.79 Å². The van der Waals surface area contributed by atoms with Gasteiger partial charge in [0.15, 0.2) is 0 Å². The van der Waals surface area contributed by atoms with E-state index in [-0.39, 0.29) is 5.97 Å². The lowest BCUT2D eigenvalue weighted by Gasteiger charge is -2.32. The standard InChI is InChI=1S/C14H27N3O2/c1-4-19-13(18)14(15,11-5-6-11)10-17-8-7-12(9-17)16(2)3/h11-12H,4-10,15H2,1-3H3. The second kappa shape index (κ2) is 5.77. The van der Waals surface area contributed by atoms with Crippen molar-refractivity contribution in [1.82, 2.24) is 9.80 Å². The minimum absolute atomic E-state index is 0.217. The number of nitrogens with zero attached hydrogens (tertiary/aromatic N) is 2. The molecular formula is C14H27N3O2. The van der Waals surface area contributed by atoms with Gasteiger partial charge in [0.2, 0.25) is 0 Å². The van der Waals surface area contributed by atoms with E-state index in [0.29, 0.717) is 25.1 Å². The van der Waals surface area contributed by atoms with Crippen LogP contribution in [0.25, 0.3) is 0 Å². The van der Waals surface area contributed by atoms with E-state index in [1.54, 1.807) is 0 Å². The third-order valence-corrected chi connectivity index (χ3v) is 4.42. The van der Waals surface area contributed by atoms with Gasteiger partial charge in [-0.2, -0.15) is 0 Å². The first-order valence-corrected chi connectivity index (χ1v) is 7.32. The molecule has 0 bridgehead atoms. The molecule has 5 heteroatoms. The zero-order valence-corrected chi connectivity index (χ0v) is 12.4. The Kier molecular flexibility index (Phi) is 4.48. The third-order valence-electron chi connectivity index (χ3n) is 4.42. The summed E-state index contributed by atoms with van der Waals surface area (Å²) >= 11 is 0. The van der Waals surface area contributed by atoms with E-state index in [1.807, 2.05) is 6.92 Å². The fraction of sp³-hybridized carbons (Fsp3) is 0.929. The smallest absolute Gasteiger partial charge is 0.327 e. The van der Waals surface area contributed by atoms with Crippen LogP contribution in [-0.2, 0) is 9.53 Å². The molecule has 2 atom stereocenters. The first-order chi connectivity index (χ1) is 8.97. The highest BCUT2D eigenvalue weighted by Crippen LogP contribution is 2.40. The van der Waals surface area contributed by atoms with Gasteiger partial charge in [0, 0.05) is 19.1 Å². The van der Waals surface area contributed by atoms with Gasteiger partial charge in [-0.25, -0.2) is 4.79 Å². The number of rotatable bonds is 6. The first kappa shape index (κ1) is 14.8. The number of carbonyl (C=O) groups excluding carboxylic acids is 1. The van der Waals surface area contributed by atoms with Gasteiger partial charge in [0.1, 0.15) is 5.54 Å². The zero-order chi connectivity index (χ0) is 14.0. The lowest BCUT2D eigenvalue weighted by atomic mass is 9.94. The second-order valence-electron chi connectivity index (χ2n) is 6.18. The molecule has 110 valence electrons. The van der Waals surface area contributed by atoms with Crippen LogP contribution in [-0.4, -0.2) is 67.7 Å². The molecule has 2 unspecified atom stereocenters. The summed E-state index contributed by atoms with van der Waals surface area (Å²) in [5, 5.41) is 0. The number of carbonyl (C=O) groups is 1. The molecule has 1 aliphatic carbocycles. The maximum absolute atomic E-state index is 12.2. The van der Waals surface area contributed by atoms with Crippen LogP contribution in [0.4, 0.5) is 0 Å². The molecule has 1 heterocycles. The Labute approximate surface area is 116 Å². The summed E-state index contributed by atoms with van der Waals surface area (Å²) < 4.78 is 5.19. The number of hydrogen-bond acceptors (Lipinski definition) is 5. The van der Waals surface area contributed by atoms with Crippen molar-refractivity contribution in [3.8, 4) is 0 Å². The summed E-state index contributed by atoms with van der Waals surface area (Å²) in [5.74, 6) is 0.0933. The molecule has 19 heavy (non-hydrogen) atoms. The molecule has 1 aliphatic heterocycles. The summed E-state index contributed by atoms with van der Waals surface area (Å²) in [6, 6.07) is 0.575. The summed E-state index contributed by atoms with van der Waals surface area (Å²) in [4.78, 5) is 16.7. The van der Waals surface area contributed by atoms with Crippen molar-refractivity contribution < 1.29 is 9.53 Å². The number of ether oxygens (including phenoxy) is 1. The molecule has 0 amide bonds. The molecular weight excluding hydrogens is 242 g/mol. The topological polar surface area (TPSA) is 58.8 Å². The Bertz CT molecular complexity index is 331. The van der Waals surface area contributed by atoms with Crippen LogP contribution in [0, 0.1) is 5.92 Å². The van der Waals surface area contributed by atoms with E-state index >= 15 is 0 Å². The Hall–Kier alpha value is -0.650. The number of hydrogen-bond donors (Lipinski definition) is 1. The molecule has 0 spiro atoms. The zero-order valence-electron chi connectivity index (χ0n) is 12.4. The molecule has 0 aromatic carbocycles. The van der Waals surface area contributed by atoms with Gasteiger partial charge in [-0.3, -0.25) is 4.90 Å². The van der Waals surface area contributed by atoms with Crippen LogP contribution < -0.4 is 5.73 Å². The maximum Gasteiger partial charge on any atom is 0.327 e. The summed E-state index contributed by atoms with van der Waals surface area (Å²) in [7, 11) is 4.21. The molecule has 0 aromatic rings. The van der Waals surface area contributed by atoms with Crippen LogP contribution in [0.3, 0.4) is 0 Å². The van der Waals surface area contributed by atoms with Crippen molar-refractivity contribution in [3.05, 3.63) is 0 Å². The molecule has 2 rings (SSSR count). The van der Waals surface area contributed by atoms with Gasteiger partial charge in [0.05, 0.1) is 6.61 Å². The fourth-order valence-corrected chi connectivity index (χ4v) is 2.97. The molecule has 5 nitrogen and oxygen atoms in total. The van der Waals surface area contributed by atoms with Crippen molar-refractivity contribution in [3.63, 3.8) is 0 Å². The second-order valence-corrected chi connectivity index (χ2v) is 6.18. The van der Waals surface area contributed by atoms with Crippen molar-refractivity contribution in [1.29, 1.82) is 0 Å². The number of nitrogens with two attached hydrogens (primary N) is 1. The molecule has 1 saturated carbocycles. The predicted molar refractivity (Wildman–Crippen MR) is 74.8 cm³/mol. The highest BCUT2D eigenvalue weighted by Gasteiger charge is 2.50. The van der Waals surface area contributed by atoms with Gasteiger partial charge in [-0.05, 0) is 52.7 Å². The Morgan fingerprint density at radius 1 is 1.42 bits per heavy atom. The molecule has 2 N–H and O–H groups in total. The Morgan fingerprint density at radius 3 is 2.58 bits per heavy atom. The third kappa shape index (κ3) is 3.27. The predicted octanol–water partition coefficient (Wildman–Crippen LogP) is 0.293. The number of esters is 1. The van der Waals surface area contributed by atoms with Gasteiger partial charge in [0.25, 0.3) is 0 Å². The van der Waals surface area contributed by atoms with Gasteiger partial charge < -0.3 is 15.4 Å².